The Kier molecular flexibility index (Phi) is 7.10. The number of aryl methyl sites for hydroxylation is 1. The predicted octanol–water partition coefficient (Wildman–Crippen LogP) is 2.98. The van der Waals surface area contributed by atoms with E-state index in [2.05, 4.69) is 5.32 Å². The van der Waals surface area contributed by atoms with Crippen molar-refractivity contribution < 1.29 is 23.2 Å². The smallest absolute Gasteiger partial charge is 0.287 e. The second kappa shape index (κ2) is 10.4. The Morgan fingerprint density at radius 2 is 1.82 bits per heavy atom. The average Bonchev–Trinajstić information content (AvgIpc) is 3.56. The minimum absolute atomic E-state index is 0.0672. The van der Waals surface area contributed by atoms with Crippen LogP contribution < -0.4 is 5.32 Å². The van der Waals surface area contributed by atoms with Gasteiger partial charge < -0.3 is 24.0 Å². The van der Waals surface area contributed by atoms with Gasteiger partial charge in [-0.2, -0.15) is 0 Å². The molecule has 1 fully saturated rings. The van der Waals surface area contributed by atoms with Crippen molar-refractivity contribution in [1.82, 2.24) is 20.1 Å². The maximum Gasteiger partial charge on any atom is 0.287 e. The van der Waals surface area contributed by atoms with E-state index in [1.54, 1.807) is 41.3 Å². The summed E-state index contributed by atoms with van der Waals surface area (Å²) < 4.78 is 10.4. The summed E-state index contributed by atoms with van der Waals surface area (Å²) in [5.74, 6) is 0.273. The zero-order chi connectivity index (χ0) is 24.1. The third-order valence-electron chi connectivity index (χ3n) is 5.99. The number of amides is 3. The Morgan fingerprint density at radius 1 is 1.09 bits per heavy atom. The number of furan rings is 2. The number of piperidine rings is 1. The molecule has 3 amide bonds. The number of carbonyl (C=O) groups is 3. The average molecular weight is 465 g/mol. The largest absolute Gasteiger partial charge is 0.467 e. The Morgan fingerprint density at radius 3 is 2.50 bits per heavy atom. The van der Waals surface area contributed by atoms with Crippen molar-refractivity contribution in [3.63, 3.8) is 0 Å². The Hall–Kier alpha value is -3.88. The van der Waals surface area contributed by atoms with Crippen molar-refractivity contribution in [3.8, 4) is 0 Å². The second-order valence-electron chi connectivity index (χ2n) is 8.44. The number of hydrogen-bond acceptors (Lipinski definition) is 6. The second-order valence-corrected chi connectivity index (χ2v) is 8.44. The number of hydrogen-bond donors (Lipinski definition) is 1. The van der Waals surface area contributed by atoms with Crippen LogP contribution in [0, 0.1) is 6.92 Å². The van der Waals surface area contributed by atoms with Crippen LogP contribution in [0.5, 0.6) is 0 Å². The van der Waals surface area contributed by atoms with Crippen molar-refractivity contribution in [2.75, 3.05) is 26.7 Å². The minimum Gasteiger partial charge on any atom is -0.467 e. The third kappa shape index (κ3) is 5.36. The molecule has 9 nitrogen and oxygen atoms in total. The number of nitrogens with zero attached hydrogens (tertiary/aromatic N) is 3. The molecule has 9 heteroatoms. The number of pyridine rings is 1. The summed E-state index contributed by atoms with van der Waals surface area (Å²) in [6, 6.07) is 10.5. The molecule has 4 rings (SSSR count). The lowest BCUT2D eigenvalue weighted by molar-refractivity contribution is -0.131. The summed E-state index contributed by atoms with van der Waals surface area (Å²) in [7, 11) is 1.74. The van der Waals surface area contributed by atoms with E-state index in [9.17, 15) is 14.4 Å². The van der Waals surface area contributed by atoms with Crippen LogP contribution in [-0.2, 0) is 11.3 Å². The molecule has 3 aromatic rings. The van der Waals surface area contributed by atoms with Gasteiger partial charge in [0.15, 0.2) is 5.76 Å². The number of carbonyl (C=O) groups excluding carboxylic acids is 3. The highest BCUT2D eigenvalue weighted by molar-refractivity contribution is 5.95. The van der Waals surface area contributed by atoms with E-state index in [4.69, 9.17) is 13.8 Å². The summed E-state index contributed by atoms with van der Waals surface area (Å²) in [4.78, 5) is 45.8. The molecule has 1 aliphatic rings. The topological polar surface area (TPSA) is 109 Å². The van der Waals surface area contributed by atoms with E-state index in [1.807, 2.05) is 25.1 Å². The first-order valence-electron chi connectivity index (χ1n) is 11.3. The number of aromatic nitrogens is 1. The summed E-state index contributed by atoms with van der Waals surface area (Å²) in [6.45, 7) is 3.26. The van der Waals surface area contributed by atoms with Crippen molar-refractivity contribution >= 4 is 17.7 Å². The maximum atomic E-state index is 13.2. The van der Waals surface area contributed by atoms with E-state index in [1.165, 1.54) is 6.26 Å². The summed E-state index contributed by atoms with van der Waals surface area (Å²) in [6.07, 6.45) is 4.38. The predicted molar refractivity (Wildman–Crippen MR) is 123 cm³/mol. The van der Waals surface area contributed by atoms with Crippen LogP contribution >= 0.6 is 0 Å². The third-order valence-corrected chi connectivity index (χ3v) is 5.99. The summed E-state index contributed by atoms with van der Waals surface area (Å²) in [5, 5.41) is 2.59. The van der Waals surface area contributed by atoms with Crippen LogP contribution in [0.25, 0.3) is 0 Å². The van der Waals surface area contributed by atoms with E-state index >= 15 is 0 Å². The first-order valence-corrected chi connectivity index (χ1v) is 11.3. The van der Waals surface area contributed by atoms with Crippen LogP contribution in [0.4, 0.5) is 0 Å². The van der Waals surface area contributed by atoms with E-state index in [0.29, 0.717) is 43.8 Å². The molecule has 0 spiro atoms. The van der Waals surface area contributed by atoms with Gasteiger partial charge in [-0.25, -0.2) is 0 Å². The number of rotatable bonds is 7. The van der Waals surface area contributed by atoms with Crippen molar-refractivity contribution in [2.24, 2.45) is 0 Å². The number of likely N-dealkylation sites (tertiary alicyclic amines) is 1. The lowest BCUT2D eigenvalue weighted by Crippen LogP contribution is -2.44. The molecule has 1 N–H and O–H groups in total. The van der Waals surface area contributed by atoms with Gasteiger partial charge in [-0.15, -0.1) is 0 Å². The number of nitrogens with one attached hydrogen (secondary N) is 1. The molecule has 1 aliphatic heterocycles. The molecular weight excluding hydrogens is 436 g/mol. The van der Waals surface area contributed by atoms with Gasteiger partial charge in [0.25, 0.3) is 11.8 Å². The van der Waals surface area contributed by atoms with Crippen molar-refractivity contribution in [1.29, 1.82) is 0 Å². The van der Waals surface area contributed by atoms with E-state index in [-0.39, 0.29) is 30.0 Å². The van der Waals surface area contributed by atoms with Crippen LogP contribution in [0.15, 0.2) is 57.8 Å². The van der Waals surface area contributed by atoms with Gasteiger partial charge in [-0.05, 0) is 56.2 Å². The monoisotopic (exact) mass is 464 g/mol. The van der Waals surface area contributed by atoms with Gasteiger partial charge in [0.2, 0.25) is 5.91 Å². The van der Waals surface area contributed by atoms with Gasteiger partial charge in [0, 0.05) is 31.7 Å². The molecule has 0 radical (unpaired) electrons. The fourth-order valence-corrected chi connectivity index (χ4v) is 4.15. The molecule has 3 aromatic heterocycles. The summed E-state index contributed by atoms with van der Waals surface area (Å²) >= 11 is 0. The van der Waals surface area contributed by atoms with Gasteiger partial charge in [-0.1, -0.05) is 0 Å². The lowest BCUT2D eigenvalue weighted by atomic mass is 9.89. The molecule has 0 aromatic carbocycles. The molecule has 0 atom stereocenters. The normalized spacial score (nSPS) is 14.1. The van der Waals surface area contributed by atoms with Gasteiger partial charge in [0.05, 0.1) is 36.9 Å². The Balaban J connectivity index is 1.37. The van der Waals surface area contributed by atoms with Gasteiger partial charge in [-0.3, -0.25) is 19.4 Å². The van der Waals surface area contributed by atoms with Crippen molar-refractivity contribution in [3.05, 3.63) is 77.4 Å². The highest BCUT2D eigenvalue weighted by Crippen LogP contribution is 2.30. The first kappa shape index (κ1) is 23.3. The summed E-state index contributed by atoms with van der Waals surface area (Å²) in [5.41, 5.74) is 2.20. The Bertz CT molecular complexity index is 1130. The van der Waals surface area contributed by atoms with E-state index in [0.717, 1.165) is 11.4 Å². The standard InChI is InChI=1S/C25H28N4O5/c1-17-7-8-20(25(32)28(2)16-19-5-3-13-33-19)23(27-17)18-9-11-29(12-10-18)22(30)15-26-24(31)21-6-4-14-34-21/h3-8,13-14,18H,9-12,15-16H2,1-2H3,(H,26,31). The van der Waals surface area contributed by atoms with Gasteiger partial charge in [0.1, 0.15) is 5.76 Å². The molecule has 1 saturated heterocycles. The van der Waals surface area contributed by atoms with Crippen LogP contribution in [0.3, 0.4) is 0 Å². The Labute approximate surface area is 197 Å². The molecule has 0 unspecified atom stereocenters. The fraction of sp³-hybridized carbons (Fsp3) is 0.360. The SMILES string of the molecule is Cc1ccc(C(=O)N(C)Cc2ccco2)c(C2CCN(C(=O)CNC(=O)c3ccco3)CC2)n1. The zero-order valence-electron chi connectivity index (χ0n) is 19.3. The first-order chi connectivity index (χ1) is 16.4. The highest BCUT2D eigenvalue weighted by atomic mass is 16.3. The molecule has 0 aliphatic carbocycles. The maximum absolute atomic E-state index is 13.2. The molecule has 178 valence electrons. The van der Waals surface area contributed by atoms with E-state index < -0.39 is 5.91 Å². The lowest BCUT2D eigenvalue weighted by Gasteiger charge is -2.32. The molecule has 4 heterocycles. The highest BCUT2D eigenvalue weighted by Gasteiger charge is 2.29. The van der Waals surface area contributed by atoms with Crippen LogP contribution in [-0.4, -0.2) is 59.2 Å². The van der Waals surface area contributed by atoms with Gasteiger partial charge >= 0.3 is 0 Å². The molecular formula is C25H28N4O5. The molecule has 34 heavy (non-hydrogen) atoms. The molecule has 0 saturated carbocycles. The van der Waals surface area contributed by atoms with Crippen LogP contribution in [0.1, 0.15) is 56.8 Å². The minimum atomic E-state index is -0.418. The molecule has 0 bridgehead atoms. The quantitative estimate of drug-likeness (QED) is 0.576. The zero-order valence-corrected chi connectivity index (χ0v) is 19.3. The van der Waals surface area contributed by atoms with Crippen LogP contribution in [0.2, 0.25) is 0 Å². The fourth-order valence-electron chi connectivity index (χ4n) is 4.15. The van der Waals surface area contributed by atoms with Crippen molar-refractivity contribution in [2.45, 2.75) is 32.2 Å².